The topological polar surface area (TPSA) is 100 Å². The quantitative estimate of drug-likeness (QED) is 0.330. The first kappa shape index (κ1) is 28.1. The van der Waals surface area contributed by atoms with Gasteiger partial charge in [-0.1, -0.05) is 24.3 Å². The molecule has 0 N–H and O–H groups in total. The molecule has 206 valence electrons. The first-order valence-corrected chi connectivity index (χ1v) is 13.4. The van der Waals surface area contributed by atoms with E-state index in [9.17, 15) is 14.4 Å². The Labute approximate surface area is 229 Å². The number of aliphatic imine (C=N–C) groups is 1. The highest BCUT2D eigenvalue weighted by Crippen LogP contribution is 2.48. The molecule has 0 amide bonds. The van der Waals surface area contributed by atoms with Gasteiger partial charge < -0.3 is 18.9 Å². The Balaban J connectivity index is 1.85. The van der Waals surface area contributed by atoms with E-state index in [0.717, 1.165) is 11.1 Å². The number of nitrogens with zero attached hydrogens (tertiary/aromatic N) is 1. The lowest BCUT2D eigenvalue weighted by molar-refractivity contribution is -0.153. The highest BCUT2D eigenvalue weighted by atomic mass is 16.5. The minimum Gasteiger partial charge on any atom is -0.497 e. The monoisotopic (exact) mass is 533 g/mol. The van der Waals surface area contributed by atoms with E-state index in [1.165, 1.54) is 0 Å². The molecule has 0 aromatic heterocycles. The molecule has 0 bridgehead atoms. The third-order valence-electron chi connectivity index (χ3n) is 7.28. The molecule has 2 aromatic rings. The first-order valence-electron chi connectivity index (χ1n) is 13.4. The summed E-state index contributed by atoms with van der Waals surface area (Å²) in [6.07, 6.45) is 0.368. The maximum absolute atomic E-state index is 14.4. The number of benzene rings is 2. The van der Waals surface area contributed by atoms with Gasteiger partial charge in [0.15, 0.2) is 5.78 Å². The van der Waals surface area contributed by atoms with E-state index in [1.807, 2.05) is 55.5 Å². The molecule has 1 heterocycles. The fourth-order valence-corrected chi connectivity index (χ4v) is 5.62. The zero-order valence-corrected chi connectivity index (χ0v) is 23.1. The van der Waals surface area contributed by atoms with E-state index in [-0.39, 0.29) is 19.0 Å². The van der Waals surface area contributed by atoms with Gasteiger partial charge in [-0.3, -0.25) is 14.6 Å². The van der Waals surface area contributed by atoms with Crippen molar-refractivity contribution in [3.05, 3.63) is 70.9 Å². The Bertz CT molecular complexity index is 1280. The van der Waals surface area contributed by atoms with Crippen LogP contribution in [0.25, 0.3) is 0 Å². The number of rotatable bonds is 9. The number of allylic oxidation sites excluding steroid dienone is 1. The number of methoxy groups -OCH3 is 1. The first-order chi connectivity index (χ1) is 18.8. The van der Waals surface area contributed by atoms with Gasteiger partial charge in [-0.2, -0.15) is 0 Å². The summed E-state index contributed by atoms with van der Waals surface area (Å²) in [6.45, 7) is 7.97. The maximum Gasteiger partial charge on any atom is 0.336 e. The van der Waals surface area contributed by atoms with E-state index in [2.05, 4.69) is 0 Å². The van der Waals surface area contributed by atoms with Gasteiger partial charge in [0, 0.05) is 23.2 Å². The predicted octanol–water partition coefficient (Wildman–Crippen LogP) is 5.02. The van der Waals surface area contributed by atoms with Crippen molar-refractivity contribution < 1.29 is 33.3 Å². The molecule has 0 spiro atoms. The Morgan fingerprint density at radius 2 is 1.46 bits per heavy atom. The number of hydrogen-bond donors (Lipinski definition) is 0. The summed E-state index contributed by atoms with van der Waals surface area (Å²) in [5, 5.41) is 0. The molecule has 4 rings (SSSR count). The number of hydrogen-bond acceptors (Lipinski definition) is 8. The molecule has 39 heavy (non-hydrogen) atoms. The van der Waals surface area contributed by atoms with Crippen molar-refractivity contribution in [1.29, 1.82) is 0 Å². The molecule has 0 radical (unpaired) electrons. The van der Waals surface area contributed by atoms with Crippen LogP contribution < -0.4 is 9.47 Å². The van der Waals surface area contributed by atoms with Crippen molar-refractivity contribution in [2.24, 2.45) is 16.8 Å². The molecule has 8 heteroatoms. The smallest absolute Gasteiger partial charge is 0.336 e. The van der Waals surface area contributed by atoms with E-state index in [1.54, 1.807) is 27.9 Å². The molecule has 8 nitrogen and oxygen atoms in total. The zero-order valence-electron chi connectivity index (χ0n) is 23.1. The minimum absolute atomic E-state index is 0.152. The van der Waals surface area contributed by atoms with Crippen LogP contribution in [-0.2, 0) is 23.9 Å². The van der Waals surface area contributed by atoms with E-state index < -0.39 is 35.6 Å². The van der Waals surface area contributed by atoms with Crippen LogP contribution in [0.5, 0.6) is 11.5 Å². The Morgan fingerprint density at radius 1 is 0.846 bits per heavy atom. The van der Waals surface area contributed by atoms with Gasteiger partial charge in [-0.15, -0.1) is 0 Å². The number of ether oxygens (including phenoxy) is 4. The fourth-order valence-electron chi connectivity index (χ4n) is 5.62. The second-order valence-corrected chi connectivity index (χ2v) is 9.50. The van der Waals surface area contributed by atoms with Crippen LogP contribution in [0.2, 0.25) is 0 Å². The average Bonchev–Trinajstić information content (AvgIpc) is 2.93. The molecule has 2 aliphatic rings. The van der Waals surface area contributed by atoms with Gasteiger partial charge >= 0.3 is 11.9 Å². The standard InChI is InChI=1S/C31H35NO7/c1-6-37-22-15-11-20(12-16-22)26-25(30(34)38-7-2)18(4)32-24-17-23(19-9-13-21(36-5)14-10-19)27(29(33)28(24)26)31(35)39-8-3/h9-16,23,26-28H,6-8,17H2,1-5H3/t23-,26+,27+,28?/m1/s1. The van der Waals surface area contributed by atoms with Crippen LogP contribution in [0.15, 0.2) is 64.8 Å². The van der Waals surface area contributed by atoms with Crippen LogP contribution in [0.4, 0.5) is 0 Å². The number of esters is 2. The number of fused-ring (bicyclic) bond motifs is 1. The summed E-state index contributed by atoms with van der Waals surface area (Å²) in [4.78, 5) is 45.7. The summed E-state index contributed by atoms with van der Waals surface area (Å²) >= 11 is 0. The number of Topliss-reactive ketones (excluding diaryl/α,β-unsaturated/α-hetero) is 1. The molecule has 1 fully saturated rings. The van der Waals surface area contributed by atoms with E-state index in [4.69, 9.17) is 23.9 Å². The van der Waals surface area contributed by atoms with Crippen molar-refractivity contribution in [3.63, 3.8) is 0 Å². The second kappa shape index (κ2) is 12.3. The van der Waals surface area contributed by atoms with E-state index in [0.29, 0.717) is 41.5 Å². The van der Waals surface area contributed by atoms with Crippen molar-refractivity contribution in [2.75, 3.05) is 26.9 Å². The predicted molar refractivity (Wildman–Crippen MR) is 146 cm³/mol. The molecule has 4 atom stereocenters. The number of ketones is 1. The van der Waals surface area contributed by atoms with Gasteiger partial charge in [0.1, 0.15) is 17.4 Å². The average molecular weight is 534 g/mol. The molecule has 1 unspecified atom stereocenters. The van der Waals surface area contributed by atoms with Crippen LogP contribution in [0, 0.1) is 11.8 Å². The van der Waals surface area contributed by atoms with Gasteiger partial charge in [-0.25, -0.2) is 4.79 Å². The summed E-state index contributed by atoms with van der Waals surface area (Å²) in [5.41, 5.74) is 3.05. The van der Waals surface area contributed by atoms with Gasteiger partial charge in [0.25, 0.3) is 0 Å². The third kappa shape index (κ3) is 5.60. The van der Waals surface area contributed by atoms with Crippen molar-refractivity contribution in [2.45, 2.75) is 46.0 Å². The van der Waals surface area contributed by atoms with Crippen LogP contribution >= 0.6 is 0 Å². The highest BCUT2D eigenvalue weighted by molar-refractivity contribution is 6.17. The third-order valence-corrected chi connectivity index (χ3v) is 7.28. The van der Waals surface area contributed by atoms with Crippen LogP contribution in [0.3, 0.4) is 0 Å². The molecule has 1 saturated carbocycles. The number of carbonyl (C=O) groups is 3. The summed E-state index contributed by atoms with van der Waals surface area (Å²) in [6, 6.07) is 14.7. The van der Waals surface area contributed by atoms with Crippen molar-refractivity contribution in [1.82, 2.24) is 0 Å². The van der Waals surface area contributed by atoms with E-state index >= 15 is 0 Å². The number of carbonyl (C=O) groups excluding carboxylic acids is 3. The molecule has 1 aliphatic heterocycles. The summed E-state index contributed by atoms with van der Waals surface area (Å²) < 4.78 is 21.7. The SMILES string of the molecule is CCOC(=O)C1=C(C)N=C2C[C@H](c3ccc(OC)cc3)[C@H](C(=O)OCC)C(=O)C2[C@H]1c1ccc(OCC)cc1. The fraction of sp³-hybridized carbons (Fsp3) is 0.419. The lowest BCUT2D eigenvalue weighted by Gasteiger charge is -2.41. The molecular weight excluding hydrogens is 498 g/mol. The molecule has 2 aromatic carbocycles. The Morgan fingerprint density at radius 3 is 2.05 bits per heavy atom. The van der Waals surface area contributed by atoms with Crippen molar-refractivity contribution in [3.8, 4) is 11.5 Å². The molecule has 1 aliphatic carbocycles. The second-order valence-electron chi connectivity index (χ2n) is 9.50. The Hall–Kier alpha value is -3.94. The minimum atomic E-state index is -1.05. The van der Waals surface area contributed by atoms with Crippen LogP contribution in [-0.4, -0.2) is 50.4 Å². The van der Waals surface area contributed by atoms with Gasteiger partial charge in [-0.05, 0) is 69.5 Å². The Kier molecular flexibility index (Phi) is 8.84. The zero-order chi connectivity index (χ0) is 28.1. The normalized spacial score (nSPS) is 22.5. The summed E-state index contributed by atoms with van der Waals surface area (Å²) in [7, 11) is 1.58. The maximum atomic E-state index is 14.4. The highest BCUT2D eigenvalue weighted by Gasteiger charge is 2.53. The largest absolute Gasteiger partial charge is 0.497 e. The summed E-state index contributed by atoms with van der Waals surface area (Å²) in [5.74, 6) is -3.02. The van der Waals surface area contributed by atoms with Gasteiger partial charge in [0.05, 0.1) is 38.4 Å². The lowest BCUT2D eigenvalue weighted by Crippen LogP contribution is -2.48. The van der Waals surface area contributed by atoms with Crippen LogP contribution in [0.1, 0.15) is 57.1 Å². The lowest BCUT2D eigenvalue weighted by atomic mass is 9.62. The molecule has 0 saturated heterocycles. The molecular formula is C31H35NO7. The van der Waals surface area contributed by atoms with Crippen molar-refractivity contribution >= 4 is 23.4 Å². The van der Waals surface area contributed by atoms with Gasteiger partial charge in [0.2, 0.25) is 0 Å².